The number of benzene rings is 3. The molecule has 3 aromatic rings. The summed E-state index contributed by atoms with van der Waals surface area (Å²) < 4.78 is 69.2. The molecule has 0 aromatic heterocycles. The molecule has 0 radical (unpaired) electrons. The van der Waals surface area contributed by atoms with Gasteiger partial charge in [0.05, 0.1) is 12.0 Å². The number of aryl methyl sites for hydroxylation is 1. The summed E-state index contributed by atoms with van der Waals surface area (Å²) in [7, 11) is -7.59. The zero-order valence-corrected chi connectivity index (χ0v) is 17.3. The van der Waals surface area contributed by atoms with Crippen LogP contribution < -0.4 is 4.74 Å². The zero-order valence-electron chi connectivity index (χ0n) is 15.6. The SMILES string of the molecule is COc1cc(S(=O)(=O)O)c(C)cc1N=Nc1c(O)ccc2cc(S(=O)(=O)O)ccc12.[AlH3]. The van der Waals surface area contributed by atoms with Crippen LogP contribution >= 0.6 is 0 Å². The molecule has 0 amide bonds. The van der Waals surface area contributed by atoms with Crippen molar-refractivity contribution in [3.63, 3.8) is 0 Å². The van der Waals surface area contributed by atoms with E-state index in [-0.39, 0.29) is 55.6 Å². The molecule has 0 aliphatic carbocycles. The van der Waals surface area contributed by atoms with Gasteiger partial charge in [0, 0.05) is 11.5 Å². The maximum absolute atomic E-state index is 11.5. The van der Waals surface area contributed by atoms with Gasteiger partial charge in [-0.2, -0.15) is 16.8 Å². The normalized spacial score (nSPS) is 12.1. The molecule has 13 heteroatoms. The summed E-state index contributed by atoms with van der Waals surface area (Å²) in [5, 5.41) is 18.9. The molecule has 0 saturated heterocycles. The van der Waals surface area contributed by atoms with Crippen LogP contribution in [0.1, 0.15) is 5.56 Å². The minimum absolute atomic E-state index is 0. The number of fused-ring (bicyclic) bond motifs is 1. The Morgan fingerprint density at radius 1 is 0.903 bits per heavy atom. The first-order valence-corrected chi connectivity index (χ1v) is 11.1. The van der Waals surface area contributed by atoms with Gasteiger partial charge in [0.25, 0.3) is 20.2 Å². The van der Waals surface area contributed by atoms with Crippen LogP contribution in [0.2, 0.25) is 0 Å². The Bertz CT molecular complexity index is 1400. The standard InChI is InChI=1S/C18H16N2O8S2.Al.3H/c1-10-7-14(16(28-2)9-17(10)30(25,26)27)19-20-18-13-5-4-12(29(22,23)24)8-11(13)3-6-15(18)21;;;;/h3-9,21H,1-2H3,(H,22,23,24)(H,25,26,27);;;;. The highest BCUT2D eigenvalue weighted by atomic mass is 32.2. The number of nitrogens with zero attached hydrogens (tertiary/aromatic N) is 2. The van der Waals surface area contributed by atoms with Crippen LogP contribution in [0.25, 0.3) is 10.8 Å². The zero-order chi connectivity index (χ0) is 22.3. The van der Waals surface area contributed by atoms with Crippen LogP contribution in [0.3, 0.4) is 0 Å². The van der Waals surface area contributed by atoms with Crippen molar-refractivity contribution in [2.45, 2.75) is 16.7 Å². The Morgan fingerprint density at radius 2 is 1.58 bits per heavy atom. The number of rotatable bonds is 5. The van der Waals surface area contributed by atoms with E-state index in [0.717, 1.165) is 12.1 Å². The summed E-state index contributed by atoms with van der Waals surface area (Å²) in [5.41, 5.74) is 0.355. The van der Waals surface area contributed by atoms with Crippen molar-refractivity contribution in [2.75, 3.05) is 7.11 Å². The van der Waals surface area contributed by atoms with Crippen LogP contribution in [0.15, 0.2) is 62.5 Å². The van der Waals surface area contributed by atoms with Crippen LogP contribution in [0, 0.1) is 6.92 Å². The van der Waals surface area contributed by atoms with Gasteiger partial charge in [0.1, 0.15) is 27.8 Å². The molecular formula is C18H19AlN2O8S2. The predicted octanol–water partition coefficient (Wildman–Crippen LogP) is 2.59. The van der Waals surface area contributed by atoms with E-state index in [2.05, 4.69) is 10.2 Å². The molecule has 0 aliphatic heterocycles. The van der Waals surface area contributed by atoms with E-state index in [1.165, 1.54) is 44.4 Å². The first-order valence-electron chi connectivity index (χ1n) is 8.23. The molecule has 0 saturated carbocycles. The van der Waals surface area contributed by atoms with Crippen molar-refractivity contribution >= 4 is 59.7 Å². The number of phenols is 1. The second-order valence-corrected chi connectivity index (χ2v) is 9.07. The number of hydrogen-bond acceptors (Lipinski definition) is 8. The van der Waals surface area contributed by atoms with Crippen molar-refractivity contribution in [1.29, 1.82) is 0 Å². The van der Waals surface area contributed by atoms with E-state index in [4.69, 9.17) is 4.74 Å². The van der Waals surface area contributed by atoms with Gasteiger partial charge in [-0.1, -0.05) is 12.1 Å². The monoisotopic (exact) mass is 482 g/mol. The summed E-state index contributed by atoms with van der Waals surface area (Å²) >= 11 is 0. The minimum Gasteiger partial charge on any atom is -0.506 e. The lowest BCUT2D eigenvalue weighted by atomic mass is 10.1. The molecule has 3 N–H and O–H groups in total. The Morgan fingerprint density at radius 3 is 2.16 bits per heavy atom. The largest absolute Gasteiger partial charge is 0.506 e. The molecule has 0 unspecified atom stereocenters. The molecule has 3 aromatic carbocycles. The van der Waals surface area contributed by atoms with Gasteiger partial charge in [-0.15, -0.1) is 10.2 Å². The lowest BCUT2D eigenvalue weighted by Gasteiger charge is -2.09. The summed E-state index contributed by atoms with van der Waals surface area (Å²) in [4.78, 5) is -0.661. The van der Waals surface area contributed by atoms with Crippen molar-refractivity contribution in [2.24, 2.45) is 10.2 Å². The Balaban J connectivity index is 0.00000341. The van der Waals surface area contributed by atoms with E-state index in [1.54, 1.807) is 0 Å². The molecule has 0 atom stereocenters. The van der Waals surface area contributed by atoms with E-state index >= 15 is 0 Å². The molecule has 3 rings (SSSR count). The van der Waals surface area contributed by atoms with Gasteiger partial charge in [-0.05, 0) is 42.1 Å². The van der Waals surface area contributed by atoms with Crippen LogP contribution in [0.5, 0.6) is 11.5 Å². The molecule has 0 aliphatic rings. The van der Waals surface area contributed by atoms with E-state index in [9.17, 15) is 31.0 Å². The fraction of sp³-hybridized carbons (Fsp3) is 0.111. The molecule has 0 spiro atoms. The van der Waals surface area contributed by atoms with Crippen LogP contribution in [-0.4, -0.2) is 55.5 Å². The smallest absolute Gasteiger partial charge is 0.294 e. The predicted molar refractivity (Wildman–Crippen MR) is 117 cm³/mol. The van der Waals surface area contributed by atoms with E-state index < -0.39 is 20.2 Å². The van der Waals surface area contributed by atoms with Crippen LogP contribution in [-0.2, 0) is 20.2 Å². The van der Waals surface area contributed by atoms with Gasteiger partial charge in [-0.25, -0.2) is 0 Å². The maximum atomic E-state index is 11.5. The molecule has 10 nitrogen and oxygen atoms in total. The molecular weight excluding hydrogens is 463 g/mol. The van der Waals surface area contributed by atoms with Crippen molar-refractivity contribution < 1.29 is 35.8 Å². The second kappa shape index (κ2) is 8.91. The fourth-order valence-electron chi connectivity index (χ4n) is 2.82. The van der Waals surface area contributed by atoms with Crippen molar-refractivity contribution in [3.05, 3.63) is 48.0 Å². The highest BCUT2D eigenvalue weighted by Crippen LogP contribution is 2.39. The number of azo groups is 1. The lowest BCUT2D eigenvalue weighted by molar-refractivity contribution is 0.413. The Labute approximate surface area is 188 Å². The quantitative estimate of drug-likeness (QED) is 0.284. The highest BCUT2D eigenvalue weighted by molar-refractivity contribution is 7.86. The maximum Gasteiger partial charge on any atom is 0.294 e. The third kappa shape index (κ3) is 5.21. The van der Waals surface area contributed by atoms with Gasteiger partial charge in [0.15, 0.2) is 17.4 Å². The van der Waals surface area contributed by atoms with Gasteiger partial charge < -0.3 is 9.84 Å². The van der Waals surface area contributed by atoms with Crippen LogP contribution in [0.4, 0.5) is 11.4 Å². The van der Waals surface area contributed by atoms with E-state index in [0.29, 0.717) is 10.8 Å². The third-order valence-electron chi connectivity index (χ3n) is 4.25. The average molecular weight is 482 g/mol. The number of aromatic hydroxyl groups is 1. The van der Waals surface area contributed by atoms with Gasteiger partial charge in [-0.3, -0.25) is 9.11 Å². The average Bonchev–Trinajstić information content (AvgIpc) is 2.65. The first kappa shape index (κ1) is 24.7. The molecule has 0 heterocycles. The summed E-state index contributed by atoms with van der Waals surface area (Å²) in [6.45, 7) is 1.45. The number of ether oxygens (including phenoxy) is 1. The van der Waals surface area contributed by atoms with Crippen molar-refractivity contribution in [1.82, 2.24) is 0 Å². The molecule has 0 bridgehead atoms. The molecule has 164 valence electrons. The number of methoxy groups -OCH3 is 1. The third-order valence-corrected chi connectivity index (χ3v) is 6.10. The summed E-state index contributed by atoms with van der Waals surface area (Å²) in [6.07, 6.45) is 0. The summed E-state index contributed by atoms with van der Waals surface area (Å²) in [6, 6.07) is 8.90. The fourth-order valence-corrected chi connectivity index (χ4v) is 4.06. The van der Waals surface area contributed by atoms with Gasteiger partial charge in [0.2, 0.25) is 0 Å². The Kier molecular flexibility index (Phi) is 7.11. The van der Waals surface area contributed by atoms with E-state index in [1.807, 2.05) is 0 Å². The number of phenolic OH excluding ortho intramolecular Hbond substituents is 1. The minimum atomic E-state index is -4.46. The number of hydrogen-bond donors (Lipinski definition) is 3. The Hall–Kier alpha value is -2.53. The highest BCUT2D eigenvalue weighted by Gasteiger charge is 2.18. The second-order valence-electron chi connectivity index (χ2n) is 6.26. The first-order chi connectivity index (χ1) is 13.9. The molecule has 31 heavy (non-hydrogen) atoms. The topological polar surface area (TPSA) is 163 Å². The summed E-state index contributed by atoms with van der Waals surface area (Å²) in [5.74, 6) is -0.221. The van der Waals surface area contributed by atoms with Gasteiger partial charge >= 0.3 is 0 Å². The lowest BCUT2D eigenvalue weighted by Crippen LogP contribution is -2.01. The van der Waals surface area contributed by atoms with Crippen molar-refractivity contribution in [3.8, 4) is 11.5 Å². The molecule has 0 fully saturated rings.